The maximum atomic E-state index is 14.0. The standard InChI is InChI=1S/C15H10F5NO/c1-7-2-10(17)15(11(18)3-7)21-5-8-12(22-6-21)4-9(16)14(20)13(8)19/h2-4H,5-6H2,1H3. The molecule has 0 saturated carbocycles. The molecule has 1 heterocycles. The van der Waals surface area contributed by atoms with Crippen LogP contribution in [0, 0.1) is 36.0 Å². The van der Waals surface area contributed by atoms with Crippen molar-refractivity contribution >= 4 is 5.69 Å². The van der Waals surface area contributed by atoms with Crippen molar-refractivity contribution in [2.45, 2.75) is 13.5 Å². The molecule has 0 bridgehead atoms. The highest BCUT2D eigenvalue weighted by Crippen LogP contribution is 2.34. The van der Waals surface area contributed by atoms with Crippen molar-refractivity contribution in [3.05, 3.63) is 58.4 Å². The van der Waals surface area contributed by atoms with Gasteiger partial charge in [-0.3, -0.25) is 0 Å². The van der Waals surface area contributed by atoms with Crippen LogP contribution in [-0.2, 0) is 6.54 Å². The summed E-state index contributed by atoms with van der Waals surface area (Å²) in [5.41, 5.74) is -0.304. The number of aryl methyl sites for hydroxylation is 1. The first-order chi connectivity index (χ1) is 10.4. The maximum Gasteiger partial charge on any atom is 0.195 e. The van der Waals surface area contributed by atoms with Crippen molar-refractivity contribution in [3.8, 4) is 5.75 Å². The number of ether oxygens (including phenoxy) is 1. The summed E-state index contributed by atoms with van der Waals surface area (Å²) in [6, 6.07) is 2.96. The molecule has 0 N–H and O–H groups in total. The van der Waals surface area contributed by atoms with E-state index < -0.39 is 34.8 Å². The van der Waals surface area contributed by atoms with E-state index in [9.17, 15) is 22.0 Å². The average molecular weight is 315 g/mol. The summed E-state index contributed by atoms with van der Waals surface area (Å²) >= 11 is 0. The van der Waals surface area contributed by atoms with Crippen LogP contribution in [0.3, 0.4) is 0 Å². The van der Waals surface area contributed by atoms with Gasteiger partial charge in [-0.2, -0.15) is 0 Å². The summed E-state index contributed by atoms with van der Waals surface area (Å²) in [6.45, 7) is 0.874. The molecule has 0 unspecified atom stereocenters. The van der Waals surface area contributed by atoms with Crippen LogP contribution in [-0.4, -0.2) is 6.73 Å². The molecular formula is C15H10F5NO. The molecule has 0 amide bonds. The van der Waals surface area contributed by atoms with E-state index in [0.717, 1.165) is 17.0 Å². The lowest BCUT2D eigenvalue weighted by atomic mass is 10.1. The highest BCUT2D eigenvalue weighted by molar-refractivity contribution is 5.53. The summed E-state index contributed by atoms with van der Waals surface area (Å²) in [5.74, 6) is -6.31. The molecular weight excluding hydrogens is 305 g/mol. The molecule has 0 atom stereocenters. The molecule has 0 aliphatic carbocycles. The van der Waals surface area contributed by atoms with Gasteiger partial charge in [0.05, 0.1) is 12.1 Å². The monoisotopic (exact) mass is 315 g/mol. The Morgan fingerprint density at radius 3 is 2.18 bits per heavy atom. The minimum atomic E-state index is -1.64. The van der Waals surface area contributed by atoms with Gasteiger partial charge >= 0.3 is 0 Å². The molecule has 0 fully saturated rings. The first-order valence-corrected chi connectivity index (χ1v) is 6.38. The van der Waals surface area contributed by atoms with Gasteiger partial charge in [-0.05, 0) is 24.6 Å². The smallest absolute Gasteiger partial charge is 0.195 e. The molecule has 0 spiro atoms. The second-order valence-corrected chi connectivity index (χ2v) is 5.01. The van der Waals surface area contributed by atoms with E-state index in [1.54, 1.807) is 0 Å². The van der Waals surface area contributed by atoms with Crippen LogP contribution in [0.5, 0.6) is 5.75 Å². The molecule has 116 valence electrons. The first kappa shape index (κ1) is 14.6. The lowest BCUT2D eigenvalue weighted by Crippen LogP contribution is -2.34. The summed E-state index contributed by atoms with van der Waals surface area (Å²) in [6.07, 6.45) is 0. The molecule has 2 aromatic rings. The topological polar surface area (TPSA) is 12.5 Å². The van der Waals surface area contributed by atoms with Crippen LogP contribution in [0.4, 0.5) is 27.6 Å². The van der Waals surface area contributed by atoms with Crippen LogP contribution < -0.4 is 9.64 Å². The van der Waals surface area contributed by atoms with E-state index >= 15 is 0 Å². The van der Waals surface area contributed by atoms with Gasteiger partial charge in [0.25, 0.3) is 0 Å². The third-order valence-corrected chi connectivity index (χ3v) is 3.42. The van der Waals surface area contributed by atoms with Crippen LogP contribution in [0.15, 0.2) is 18.2 Å². The van der Waals surface area contributed by atoms with E-state index in [1.807, 2.05) is 0 Å². The molecule has 3 rings (SSSR count). The van der Waals surface area contributed by atoms with E-state index in [4.69, 9.17) is 4.74 Å². The third kappa shape index (κ3) is 2.26. The van der Waals surface area contributed by atoms with Crippen LogP contribution in [0.2, 0.25) is 0 Å². The Kier molecular flexibility index (Phi) is 3.42. The fourth-order valence-corrected chi connectivity index (χ4v) is 2.41. The van der Waals surface area contributed by atoms with Gasteiger partial charge in [0.2, 0.25) is 0 Å². The fraction of sp³-hybridized carbons (Fsp3) is 0.200. The predicted molar refractivity (Wildman–Crippen MR) is 69.1 cm³/mol. The highest BCUT2D eigenvalue weighted by atomic mass is 19.2. The normalized spacial score (nSPS) is 13.8. The molecule has 1 aliphatic rings. The maximum absolute atomic E-state index is 14.0. The number of hydrogen-bond acceptors (Lipinski definition) is 2. The Morgan fingerprint density at radius 2 is 1.55 bits per heavy atom. The Labute approximate surface area is 122 Å². The Bertz CT molecular complexity index is 739. The number of fused-ring (bicyclic) bond motifs is 1. The van der Waals surface area contributed by atoms with Crippen molar-refractivity contribution in [1.29, 1.82) is 0 Å². The van der Waals surface area contributed by atoms with Crippen molar-refractivity contribution in [2.24, 2.45) is 0 Å². The zero-order valence-corrected chi connectivity index (χ0v) is 11.4. The lowest BCUT2D eigenvalue weighted by Gasteiger charge is -2.31. The first-order valence-electron chi connectivity index (χ1n) is 6.38. The molecule has 2 nitrogen and oxygen atoms in total. The number of anilines is 1. The Morgan fingerprint density at radius 1 is 0.909 bits per heavy atom. The molecule has 0 aromatic heterocycles. The number of benzene rings is 2. The highest BCUT2D eigenvalue weighted by Gasteiger charge is 2.28. The summed E-state index contributed by atoms with van der Waals surface area (Å²) < 4.78 is 73.2. The lowest BCUT2D eigenvalue weighted by molar-refractivity contribution is 0.275. The van der Waals surface area contributed by atoms with Crippen molar-refractivity contribution in [3.63, 3.8) is 0 Å². The van der Waals surface area contributed by atoms with Gasteiger partial charge < -0.3 is 9.64 Å². The summed E-state index contributed by atoms with van der Waals surface area (Å²) in [7, 11) is 0. The van der Waals surface area contributed by atoms with Crippen LogP contribution >= 0.6 is 0 Å². The van der Waals surface area contributed by atoms with Gasteiger partial charge in [-0.25, -0.2) is 22.0 Å². The average Bonchev–Trinajstić information content (AvgIpc) is 2.44. The van der Waals surface area contributed by atoms with Gasteiger partial charge in [0.1, 0.15) is 23.1 Å². The number of hydrogen-bond donors (Lipinski definition) is 0. The minimum absolute atomic E-state index is 0.180. The van der Waals surface area contributed by atoms with E-state index in [-0.39, 0.29) is 24.6 Å². The zero-order valence-electron chi connectivity index (χ0n) is 11.4. The van der Waals surface area contributed by atoms with Gasteiger partial charge in [-0.1, -0.05) is 0 Å². The van der Waals surface area contributed by atoms with Crippen molar-refractivity contribution < 1.29 is 26.7 Å². The predicted octanol–water partition coefficient (Wildman–Crippen LogP) is 4.05. The van der Waals surface area contributed by atoms with E-state index in [2.05, 4.69) is 0 Å². The number of halogens is 5. The minimum Gasteiger partial charge on any atom is -0.473 e. The largest absolute Gasteiger partial charge is 0.473 e. The van der Waals surface area contributed by atoms with Crippen LogP contribution in [0.25, 0.3) is 0 Å². The third-order valence-electron chi connectivity index (χ3n) is 3.42. The van der Waals surface area contributed by atoms with E-state index in [1.165, 1.54) is 6.92 Å². The molecule has 0 saturated heterocycles. The number of nitrogens with zero attached hydrogens (tertiary/aromatic N) is 1. The molecule has 0 radical (unpaired) electrons. The summed E-state index contributed by atoms with van der Waals surface area (Å²) in [5, 5.41) is 0. The quantitative estimate of drug-likeness (QED) is 0.581. The fourth-order valence-electron chi connectivity index (χ4n) is 2.41. The second-order valence-electron chi connectivity index (χ2n) is 5.01. The van der Waals surface area contributed by atoms with Crippen molar-refractivity contribution in [1.82, 2.24) is 0 Å². The number of rotatable bonds is 1. The van der Waals surface area contributed by atoms with Crippen LogP contribution in [0.1, 0.15) is 11.1 Å². The SMILES string of the molecule is Cc1cc(F)c(N2COc3cc(F)c(F)c(F)c3C2)c(F)c1. The van der Waals surface area contributed by atoms with Crippen molar-refractivity contribution in [2.75, 3.05) is 11.6 Å². The Hall–Kier alpha value is -2.31. The second kappa shape index (κ2) is 5.15. The zero-order chi connectivity index (χ0) is 16.0. The molecule has 7 heteroatoms. The van der Waals surface area contributed by atoms with Gasteiger partial charge in [-0.15, -0.1) is 0 Å². The molecule has 2 aromatic carbocycles. The Balaban J connectivity index is 2.04. The molecule has 22 heavy (non-hydrogen) atoms. The van der Waals surface area contributed by atoms with Gasteiger partial charge in [0, 0.05) is 6.07 Å². The summed E-state index contributed by atoms with van der Waals surface area (Å²) in [4.78, 5) is 1.08. The molecule has 1 aliphatic heterocycles. The van der Waals surface area contributed by atoms with E-state index in [0.29, 0.717) is 11.6 Å². The van der Waals surface area contributed by atoms with Gasteiger partial charge in [0.15, 0.2) is 24.2 Å².